The SMILES string of the molecule is CCOc1cccc(-c2ccc(NC(=O)C3CCCCC3C(=O)O)cc2COC2CCCC2)c1. The first-order chi connectivity index (χ1) is 16.5. The number of hydrogen-bond acceptors (Lipinski definition) is 4. The molecule has 0 aliphatic heterocycles. The Morgan fingerprint density at radius 2 is 1.71 bits per heavy atom. The highest BCUT2D eigenvalue weighted by atomic mass is 16.5. The molecule has 34 heavy (non-hydrogen) atoms. The van der Waals surface area contributed by atoms with Gasteiger partial charge in [0.2, 0.25) is 5.91 Å². The van der Waals surface area contributed by atoms with Crippen molar-refractivity contribution in [1.82, 2.24) is 0 Å². The molecule has 2 N–H and O–H groups in total. The standard InChI is InChI=1S/C28H35NO5/c1-2-33-23-11-7-8-19(17-23)24-15-14-21(16-20(24)18-34-22-9-3-4-10-22)29-27(30)25-12-5-6-13-26(25)28(31)32/h7-8,11,14-17,22,25-26H,2-6,9-10,12-13,18H2,1H3,(H,29,30)(H,31,32). The molecule has 2 atom stereocenters. The third-order valence-corrected chi connectivity index (χ3v) is 7.03. The number of anilines is 1. The Morgan fingerprint density at radius 1 is 0.971 bits per heavy atom. The quantitative estimate of drug-likeness (QED) is 0.471. The number of carbonyl (C=O) groups is 2. The molecule has 6 heteroatoms. The Bertz CT molecular complexity index is 998. The Morgan fingerprint density at radius 3 is 2.44 bits per heavy atom. The second-order valence-electron chi connectivity index (χ2n) is 9.38. The van der Waals surface area contributed by atoms with Crippen LogP contribution in [0.5, 0.6) is 5.75 Å². The summed E-state index contributed by atoms with van der Waals surface area (Å²) < 4.78 is 11.9. The van der Waals surface area contributed by atoms with E-state index in [0.29, 0.717) is 31.7 Å². The molecule has 0 bridgehead atoms. The molecular weight excluding hydrogens is 430 g/mol. The van der Waals surface area contributed by atoms with E-state index in [1.54, 1.807) is 0 Å². The molecule has 2 aromatic rings. The molecule has 4 rings (SSSR count). The summed E-state index contributed by atoms with van der Waals surface area (Å²) in [7, 11) is 0. The maximum absolute atomic E-state index is 13.0. The summed E-state index contributed by atoms with van der Waals surface area (Å²) in [5.41, 5.74) is 3.75. The second-order valence-corrected chi connectivity index (χ2v) is 9.38. The molecule has 2 aliphatic carbocycles. The van der Waals surface area contributed by atoms with Crippen LogP contribution in [0.4, 0.5) is 5.69 Å². The van der Waals surface area contributed by atoms with Crippen LogP contribution in [-0.2, 0) is 20.9 Å². The number of benzene rings is 2. The lowest BCUT2D eigenvalue weighted by Crippen LogP contribution is -2.36. The van der Waals surface area contributed by atoms with Crippen molar-refractivity contribution in [3.05, 3.63) is 48.0 Å². The monoisotopic (exact) mass is 465 g/mol. The fourth-order valence-corrected chi connectivity index (χ4v) is 5.23. The third-order valence-electron chi connectivity index (χ3n) is 7.03. The molecule has 2 fully saturated rings. The molecule has 2 unspecified atom stereocenters. The van der Waals surface area contributed by atoms with Crippen molar-refractivity contribution < 1.29 is 24.2 Å². The van der Waals surface area contributed by atoms with Crippen LogP contribution < -0.4 is 10.1 Å². The minimum Gasteiger partial charge on any atom is -0.494 e. The van der Waals surface area contributed by atoms with Crippen LogP contribution in [0.2, 0.25) is 0 Å². The number of carboxylic acids is 1. The van der Waals surface area contributed by atoms with Gasteiger partial charge in [-0.2, -0.15) is 0 Å². The molecule has 2 aliphatic rings. The molecule has 182 valence electrons. The van der Waals surface area contributed by atoms with Gasteiger partial charge in [0.05, 0.1) is 31.2 Å². The summed E-state index contributed by atoms with van der Waals surface area (Å²) in [6, 6.07) is 13.9. The average molecular weight is 466 g/mol. The van der Waals surface area contributed by atoms with Crippen LogP contribution in [0.15, 0.2) is 42.5 Å². The smallest absolute Gasteiger partial charge is 0.307 e. The van der Waals surface area contributed by atoms with Crippen LogP contribution in [0.1, 0.15) is 63.9 Å². The van der Waals surface area contributed by atoms with Crippen LogP contribution in [0, 0.1) is 11.8 Å². The lowest BCUT2D eigenvalue weighted by Gasteiger charge is -2.27. The van der Waals surface area contributed by atoms with Crippen molar-refractivity contribution in [3.8, 4) is 16.9 Å². The molecule has 0 heterocycles. The number of hydrogen-bond donors (Lipinski definition) is 2. The third kappa shape index (κ3) is 5.98. The number of nitrogens with one attached hydrogen (secondary N) is 1. The molecule has 0 radical (unpaired) electrons. The van der Waals surface area contributed by atoms with Gasteiger partial charge in [-0.05, 0) is 73.6 Å². The van der Waals surface area contributed by atoms with E-state index in [4.69, 9.17) is 9.47 Å². The normalized spacial score (nSPS) is 20.7. The fourth-order valence-electron chi connectivity index (χ4n) is 5.23. The van der Waals surface area contributed by atoms with Crippen molar-refractivity contribution >= 4 is 17.6 Å². The van der Waals surface area contributed by atoms with E-state index < -0.39 is 17.8 Å². The van der Waals surface area contributed by atoms with Gasteiger partial charge in [0, 0.05) is 5.69 Å². The Kier molecular flexibility index (Phi) is 8.22. The van der Waals surface area contributed by atoms with Crippen molar-refractivity contribution in [2.24, 2.45) is 11.8 Å². The van der Waals surface area contributed by atoms with Gasteiger partial charge in [0.25, 0.3) is 0 Å². The Hall–Kier alpha value is -2.86. The van der Waals surface area contributed by atoms with E-state index in [1.807, 2.05) is 43.3 Å². The van der Waals surface area contributed by atoms with Crippen LogP contribution >= 0.6 is 0 Å². The lowest BCUT2D eigenvalue weighted by atomic mass is 9.78. The molecule has 0 aromatic heterocycles. The topological polar surface area (TPSA) is 84.9 Å². The summed E-state index contributed by atoms with van der Waals surface area (Å²) in [5.74, 6) is -1.38. The summed E-state index contributed by atoms with van der Waals surface area (Å²) in [6.07, 6.45) is 7.78. The predicted molar refractivity (Wildman–Crippen MR) is 132 cm³/mol. The zero-order chi connectivity index (χ0) is 23.9. The zero-order valence-electron chi connectivity index (χ0n) is 19.9. The highest BCUT2D eigenvalue weighted by Gasteiger charge is 2.35. The summed E-state index contributed by atoms with van der Waals surface area (Å²) in [6.45, 7) is 3.03. The van der Waals surface area contributed by atoms with E-state index in [1.165, 1.54) is 12.8 Å². The van der Waals surface area contributed by atoms with Crippen LogP contribution in [0.25, 0.3) is 11.1 Å². The van der Waals surface area contributed by atoms with Gasteiger partial charge in [-0.25, -0.2) is 0 Å². The van der Waals surface area contributed by atoms with E-state index in [-0.39, 0.29) is 12.0 Å². The van der Waals surface area contributed by atoms with Crippen molar-refractivity contribution in [1.29, 1.82) is 0 Å². The highest BCUT2D eigenvalue weighted by molar-refractivity contribution is 5.95. The van der Waals surface area contributed by atoms with E-state index in [9.17, 15) is 14.7 Å². The molecule has 1 amide bonds. The van der Waals surface area contributed by atoms with Crippen molar-refractivity contribution in [3.63, 3.8) is 0 Å². The van der Waals surface area contributed by atoms with Gasteiger partial charge in [-0.1, -0.05) is 43.9 Å². The Labute approximate surface area is 201 Å². The van der Waals surface area contributed by atoms with Gasteiger partial charge in [-0.3, -0.25) is 9.59 Å². The first-order valence-electron chi connectivity index (χ1n) is 12.6. The number of carbonyl (C=O) groups excluding carboxylic acids is 1. The molecule has 2 saturated carbocycles. The molecule has 0 saturated heterocycles. The minimum absolute atomic E-state index is 0.208. The number of aliphatic carboxylic acids is 1. The molecular formula is C28H35NO5. The number of rotatable bonds is 9. The highest BCUT2D eigenvalue weighted by Crippen LogP contribution is 2.34. The van der Waals surface area contributed by atoms with Gasteiger partial charge >= 0.3 is 5.97 Å². The molecule has 6 nitrogen and oxygen atoms in total. The molecule has 0 spiro atoms. The van der Waals surface area contributed by atoms with Crippen molar-refractivity contribution in [2.75, 3.05) is 11.9 Å². The summed E-state index contributed by atoms with van der Waals surface area (Å²) >= 11 is 0. The average Bonchev–Trinajstić information content (AvgIpc) is 3.37. The van der Waals surface area contributed by atoms with Gasteiger partial charge in [-0.15, -0.1) is 0 Å². The van der Waals surface area contributed by atoms with Gasteiger partial charge in [0.15, 0.2) is 0 Å². The predicted octanol–water partition coefficient (Wildman–Crippen LogP) is 6.04. The number of amides is 1. The van der Waals surface area contributed by atoms with E-state index >= 15 is 0 Å². The number of carboxylic acid groups (broad SMARTS) is 1. The number of ether oxygens (including phenoxy) is 2. The maximum atomic E-state index is 13.0. The first-order valence-corrected chi connectivity index (χ1v) is 12.6. The minimum atomic E-state index is -0.880. The van der Waals surface area contributed by atoms with Gasteiger partial charge < -0.3 is 19.9 Å². The van der Waals surface area contributed by atoms with Crippen LogP contribution in [-0.4, -0.2) is 29.7 Å². The summed E-state index contributed by atoms with van der Waals surface area (Å²) in [5, 5.41) is 12.6. The first kappa shape index (κ1) is 24.3. The van der Waals surface area contributed by atoms with Gasteiger partial charge in [0.1, 0.15) is 5.75 Å². The van der Waals surface area contributed by atoms with E-state index in [0.717, 1.165) is 48.1 Å². The van der Waals surface area contributed by atoms with Crippen molar-refractivity contribution in [2.45, 2.75) is 71.0 Å². The largest absolute Gasteiger partial charge is 0.494 e. The fraction of sp³-hybridized carbons (Fsp3) is 0.500. The maximum Gasteiger partial charge on any atom is 0.307 e. The summed E-state index contributed by atoms with van der Waals surface area (Å²) in [4.78, 5) is 24.7. The van der Waals surface area contributed by atoms with E-state index in [2.05, 4.69) is 11.4 Å². The lowest BCUT2D eigenvalue weighted by molar-refractivity contribution is -0.147. The molecule has 2 aromatic carbocycles. The Balaban J connectivity index is 1.57. The van der Waals surface area contributed by atoms with Crippen LogP contribution in [0.3, 0.4) is 0 Å². The zero-order valence-corrected chi connectivity index (χ0v) is 19.9. The second kappa shape index (κ2) is 11.5.